The predicted octanol–water partition coefficient (Wildman–Crippen LogP) is 2.97. The number of aromatic nitrogens is 1. The third-order valence-corrected chi connectivity index (χ3v) is 4.54. The Morgan fingerprint density at radius 3 is 2.70 bits per heavy atom. The Balaban J connectivity index is 1.79. The number of rotatable bonds is 5. The van der Waals surface area contributed by atoms with Gasteiger partial charge in [-0.15, -0.1) is 0 Å². The van der Waals surface area contributed by atoms with Crippen LogP contribution in [0.5, 0.6) is 0 Å². The van der Waals surface area contributed by atoms with Gasteiger partial charge in [-0.25, -0.2) is 9.78 Å². The fourth-order valence-electron chi connectivity index (χ4n) is 2.72. The molecule has 6 heteroatoms. The average molecular weight is 323 g/mol. The molecule has 0 bridgehead atoms. The Bertz CT molecular complexity index is 546. The van der Waals surface area contributed by atoms with Crippen molar-refractivity contribution in [1.29, 1.82) is 0 Å². The zero-order valence-corrected chi connectivity index (χ0v) is 15.0. The lowest BCUT2D eigenvalue weighted by Gasteiger charge is -2.51. The molecule has 1 aromatic rings. The third kappa shape index (κ3) is 4.05. The SMILES string of the molecule is CCO[C@H]1C[C@@H](NC(=O)NCc2ncc(C(C)(C)C)o2)C1(C)C. The van der Waals surface area contributed by atoms with E-state index in [-0.39, 0.29) is 35.6 Å². The van der Waals surface area contributed by atoms with Crippen molar-refractivity contribution in [3.05, 3.63) is 17.8 Å². The van der Waals surface area contributed by atoms with Gasteiger partial charge in [-0.1, -0.05) is 34.6 Å². The van der Waals surface area contributed by atoms with E-state index in [9.17, 15) is 4.79 Å². The second kappa shape index (κ2) is 6.51. The van der Waals surface area contributed by atoms with Gasteiger partial charge in [-0.05, 0) is 13.3 Å². The molecule has 2 atom stereocenters. The summed E-state index contributed by atoms with van der Waals surface area (Å²) < 4.78 is 11.3. The summed E-state index contributed by atoms with van der Waals surface area (Å²) in [6, 6.07) is -0.0812. The number of amides is 2. The van der Waals surface area contributed by atoms with Crippen molar-refractivity contribution in [2.75, 3.05) is 6.61 Å². The standard InChI is InChI=1S/C17H29N3O3/c1-7-22-12-8-11(17(12,5)6)20-15(21)19-10-14-18-9-13(23-14)16(2,3)4/h9,11-12H,7-8,10H2,1-6H3,(H2,19,20,21)/t11-,12+/m1/s1. The maximum absolute atomic E-state index is 12.0. The number of carbonyl (C=O) groups is 1. The van der Waals surface area contributed by atoms with Crippen LogP contribution in [0.4, 0.5) is 4.79 Å². The summed E-state index contributed by atoms with van der Waals surface area (Å²) in [5.41, 5.74) is -0.132. The molecule has 0 radical (unpaired) electrons. The molecule has 2 amide bonds. The number of hydrogen-bond acceptors (Lipinski definition) is 4. The van der Waals surface area contributed by atoms with Crippen molar-refractivity contribution >= 4 is 6.03 Å². The van der Waals surface area contributed by atoms with Crippen molar-refractivity contribution in [2.45, 2.75) is 72.1 Å². The van der Waals surface area contributed by atoms with Gasteiger partial charge in [0.15, 0.2) is 0 Å². The molecule has 0 aliphatic heterocycles. The highest BCUT2D eigenvalue weighted by Gasteiger charge is 2.49. The molecule has 1 aliphatic rings. The molecule has 0 unspecified atom stereocenters. The molecule has 2 N–H and O–H groups in total. The Kier molecular flexibility index (Phi) is 5.04. The Hall–Kier alpha value is -1.56. The van der Waals surface area contributed by atoms with Crippen LogP contribution in [0.1, 0.15) is 59.6 Å². The fourth-order valence-corrected chi connectivity index (χ4v) is 2.72. The Labute approximate surface area is 138 Å². The normalized spacial score (nSPS) is 23.2. The van der Waals surface area contributed by atoms with Crippen molar-refractivity contribution in [2.24, 2.45) is 5.41 Å². The van der Waals surface area contributed by atoms with Crippen LogP contribution in [-0.2, 0) is 16.7 Å². The molecule has 1 saturated carbocycles. The lowest BCUT2D eigenvalue weighted by atomic mass is 9.64. The third-order valence-electron chi connectivity index (χ3n) is 4.54. The van der Waals surface area contributed by atoms with Gasteiger partial charge in [0.1, 0.15) is 5.76 Å². The highest BCUT2D eigenvalue weighted by atomic mass is 16.5. The quantitative estimate of drug-likeness (QED) is 0.873. The molecular formula is C17H29N3O3. The van der Waals surface area contributed by atoms with Gasteiger partial charge >= 0.3 is 6.03 Å². The molecule has 1 heterocycles. The first-order valence-corrected chi connectivity index (χ1v) is 8.25. The van der Waals surface area contributed by atoms with Gasteiger partial charge in [0.25, 0.3) is 0 Å². The minimum Gasteiger partial charge on any atom is -0.443 e. The summed E-state index contributed by atoms with van der Waals surface area (Å²) in [5, 5.41) is 5.80. The average Bonchev–Trinajstić information content (AvgIpc) is 2.93. The summed E-state index contributed by atoms with van der Waals surface area (Å²) in [6.45, 7) is 13.4. The summed E-state index contributed by atoms with van der Waals surface area (Å²) in [5.74, 6) is 1.33. The van der Waals surface area contributed by atoms with E-state index in [1.54, 1.807) is 6.20 Å². The van der Waals surface area contributed by atoms with E-state index in [1.807, 2.05) is 6.92 Å². The first-order chi connectivity index (χ1) is 10.6. The highest BCUT2D eigenvalue weighted by Crippen LogP contribution is 2.42. The lowest BCUT2D eigenvalue weighted by Crippen LogP contribution is -2.63. The molecule has 1 aliphatic carbocycles. The van der Waals surface area contributed by atoms with Crippen LogP contribution < -0.4 is 10.6 Å². The van der Waals surface area contributed by atoms with E-state index in [4.69, 9.17) is 9.15 Å². The van der Waals surface area contributed by atoms with Crippen molar-refractivity contribution in [3.63, 3.8) is 0 Å². The van der Waals surface area contributed by atoms with E-state index in [0.717, 1.165) is 12.2 Å². The number of oxazole rings is 1. The van der Waals surface area contributed by atoms with E-state index in [0.29, 0.717) is 12.5 Å². The van der Waals surface area contributed by atoms with Crippen LogP contribution in [-0.4, -0.2) is 29.8 Å². The van der Waals surface area contributed by atoms with Crippen LogP contribution in [0.25, 0.3) is 0 Å². The Morgan fingerprint density at radius 2 is 2.17 bits per heavy atom. The maximum Gasteiger partial charge on any atom is 0.315 e. The summed E-state index contributed by atoms with van der Waals surface area (Å²) in [7, 11) is 0. The number of nitrogens with one attached hydrogen (secondary N) is 2. The molecule has 0 aromatic carbocycles. The first kappa shape index (κ1) is 17.8. The van der Waals surface area contributed by atoms with E-state index in [2.05, 4.69) is 50.2 Å². The number of urea groups is 1. The number of hydrogen-bond donors (Lipinski definition) is 2. The molecule has 2 rings (SSSR count). The minimum atomic E-state index is -0.200. The second-order valence-electron chi connectivity index (χ2n) is 7.75. The smallest absolute Gasteiger partial charge is 0.315 e. The summed E-state index contributed by atoms with van der Waals surface area (Å²) in [6.07, 6.45) is 2.77. The molecule has 23 heavy (non-hydrogen) atoms. The van der Waals surface area contributed by atoms with E-state index >= 15 is 0 Å². The molecular weight excluding hydrogens is 294 g/mol. The van der Waals surface area contributed by atoms with Crippen LogP contribution in [0.3, 0.4) is 0 Å². The number of nitrogens with zero attached hydrogens (tertiary/aromatic N) is 1. The summed E-state index contributed by atoms with van der Waals surface area (Å²) in [4.78, 5) is 16.2. The van der Waals surface area contributed by atoms with Gasteiger partial charge in [0.2, 0.25) is 5.89 Å². The highest BCUT2D eigenvalue weighted by molar-refractivity contribution is 5.74. The van der Waals surface area contributed by atoms with Crippen LogP contribution >= 0.6 is 0 Å². The zero-order valence-electron chi connectivity index (χ0n) is 15.0. The largest absolute Gasteiger partial charge is 0.443 e. The molecule has 130 valence electrons. The second-order valence-corrected chi connectivity index (χ2v) is 7.75. The van der Waals surface area contributed by atoms with Crippen molar-refractivity contribution in [3.8, 4) is 0 Å². The van der Waals surface area contributed by atoms with Gasteiger partial charge in [0, 0.05) is 23.5 Å². The monoisotopic (exact) mass is 323 g/mol. The zero-order chi connectivity index (χ0) is 17.3. The minimum absolute atomic E-state index is 0.0459. The van der Waals surface area contributed by atoms with Crippen LogP contribution in [0.2, 0.25) is 0 Å². The van der Waals surface area contributed by atoms with Crippen LogP contribution in [0, 0.1) is 5.41 Å². The maximum atomic E-state index is 12.0. The van der Waals surface area contributed by atoms with Crippen molar-refractivity contribution < 1.29 is 13.9 Å². The number of carbonyl (C=O) groups excluding carboxylic acids is 1. The van der Waals surface area contributed by atoms with Crippen LogP contribution in [0.15, 0.2) is 10.6 Å². The fraction of sp³-hybridized carbons (Fsp3) is 0.765. The predicted molar refractivity (Wildman–Crippen MR) is 88.2 cm³/mol. The molecule has 0 saturated heterocycles. The molecule has 1 fully saturated rings. The van der Waals surface area contributed by atoms with Gasteiger partial charge in [0.05, 0.1) is 18.8 Å². The van der Waals surface area contributed by atoms with Gasteiger partial charge < -0.3 is 19.8 Å². The molecule has 0 spiro atoms. The first-order valence-electron chi connectivity index (χ1n) is 8.25. The van der Waals surface area contributed by atoms with E-state index < -0.39 is 0 Å². The van der Waals surface area contributed by atoms with Gasteiger partial charge in [-0.3, -0.25) is 0 Å². The number of ether oxygens (including phenoxy) is 1. The Morgan fingerprint density at radius 1 is 1.48 bits per heavy atom. The summed E-state index contributed by atoms with van der Waals surface area (Å²) >= 11 is 0. The van der Waals surface area contributed by atoms with E-state index in [1.165, 1.54) is 0 Å². The topological polar surface area (TPSA) is 76.4 Å². The molecule has 6 nitrogen and oxygen atoms in total. The van der Waals surface area contributed by atoms with Crippen molar-refractivity contribution in [1.82, 2.24) is 15.6 Å². The van der Waals surface area contributed by atoms with Gasteiger partial charge in [-0.2, -0.15) is 0 Å². The lowest BCUT2D eigenvalue weighted by molar-refractivity contribution is -0.110. The molecule has 1 aromatic heterocycles.